The van der Waals surface area contributed by atoms with Crippen molar-refractivity contribution in [2.24, 2.45) is 0 Å². The van der Waals surface area contributed by atoms with Crippen molar-refractivity contribution in [1.82, 2.24) is 9.80 Å². The van der Waals surface area contributed by atoms with Gasteiger partial charge in [-0.25, -0.2) is 13.2 Å². The van der Waals surface area contributed by atoms with Gasteiger partial charge in [-0.3, -0.25) is 14.6 Å². The lowest BCUT2D eigenvalue weighted by molar-refractivity contribution is -0.138. The third-order valence-electron chi connectivity index (χ3n) is 3.49. The van der Waals surface area contributed by atoms with Gasteiger partial charge in [0.25, 0.3) is 0 Å². The second kappa shape index (κ2) is 6.91. The van der Waals surface area contributed by atoms with Gasteiger partial charge in [-0.1, -0.05) is 0 Å². The Labute approximate surface area is 120 Å². The minimum atomic E-state index is -1.46. The first kappa shape index (κ1) is 15.8. The van der Waals surface area contributed by atoms with Crippen molar-refractivity contribution in [3.8, 4) is 0 Å². The highest BCUT2D eigenvalue weighted by atomic mass is 19.2. The predicted molar refractivity (Wildman–Crippen MR) is 70.3 cm³/mol. The molecule has 4 nitrogen and oxygen atoms in total. The minimum absolute atomic E-state index is 0.00631. The fourth-order valence-electron chi connectivity index (χ4n) is 2.49. The summed E-state index contributed by atoms with van der Waals surface area (Å²) in [5.41, 5.74) is 0.373. The molecule has 1 N–H and O–H groups in total. The van der Waals surface area contributed by atoms with E-state index >= 15 is 0 Å². The van der Waals surface area contributed by atoms with E-state index < -0.39 is 23.4 Å². The highest BCUT2D eigenvalue weighted by molar-refractivity contribution is 5.69. The standard InChI is InChI=1S/C14H17F3N2O2/c15-11-6-10(7-12(16)14(11)17)8-18-2-1-3-19(5-4-18)9-13(20)21/h6-7H,1-5,8-9H2,(H,20,21). The van der Waals surface area contributed by atoms with Crippen molar-refractivity contribution in [2.75, 3.05) is 32.7 Å². The molecule has 0 spiro atoms. The summed E-state index contributed by atoms with van der Waals surface area (Å²) in [6.07, 6.45) is 0.777. The Morgan fingerprint density at radius 3 is 2.24 bits per heavy atom. The van der Waals surface area contributed by atoms with Crippen LogP contribution in [0.1, 0.15) is 12.0 Å². The third kappa shape index (κ3) is 4.44. The van der Waals surface area contributed by atoms with E-state index in [-0.39, 0.29) is 6.54 Å². The zero-order valence-corrected chi connectivity index (χ0v) is 11.5. The molecule has 1 fully saturated rings. The normalized spacial score (nSPS) is 17.7. The fraction of sp³-hybridized carbons (Fsp3) is 0.500. The summed E-state index contributed by atoms with van der Waals surface area (Å²) in [7, 11) is 0. The molecule has 0 radical (unpaired) electrons. The first-order chi connectivity index (χ1) is 9.95. The molecular formula is C14H17F3N2O2. The van der Waals surface area contributed by atoms with Gasteiger partial charge in [-0.2, -0.15) is 0 Å². The number of hydrogen-bond donors (Lipinski definition) is 1. The maximum absolute atomic E-state index is 13.2. The molecule has 0 unspecified atom stereocenters. The highest BCUT2D eigenvalue weighted by Gasteiger charge is 2.18. The van der Waals surface area contributed by atoms with Gasteiger partial charge in [0.15, 0.2) is 17.5 Å². The van der Waals surface area contributed by atoms with E-state index in [9.17, 15) is 18.0 Å². The maximum atomic E-state index is 13.2. The van der Waals surface area contributed by atoms with Crippen LogP contribution in [0, 0.1) is 17.5 Å². The smallest absolute Gasteiger partial charge is 0.317 e. The van der Waals surface area contributed by atoms with Crippen LogP contribution < -0.4 is 0 Å². The van der Waals surface area contributed by atoms with Crippen LogP contribution in [0.4, 0.5) is 13.2 Å². The van der Waals surface area contributed by atoms with Crippen LogP contribution in [0.25, 0.3) is 0 Å². The molecule has 1 aromatic carbocycles. The largest absolute Gasteiger partial charge is 0.480 e. The van der Waals surface area contributed by atoms with Crippen LogP contribution in [0.15, 0.2) is 12.1 Å². The zero-order chi connectivity index (χ0) is 15.4. The van der Waals surface area contributed by atoms with Gasteiger partial charge in [0.2, 0.25) is 0 Å². The summed E-state index contributed by atoms with van der Waals surface area (Å²) in [6, 6.07) is 2.00. The summed E-state index contributed by atoms with van der Waals surface area (Å²) in [5, 5.41) is 8.77. The molecule has 0 aliphatic carbocycles. The topological polar surface area (TPSA) is 43.8 Å². The molecule has 1 aromatic rings. The summed E-state index contributed by atoms with van der Waals surface area (Å²) in [4.78, 5) is 14.5. The van der Waals surface area contributed by atoms with Crippen LogP contribution in [0.5, 0.6) is 0 Å². The Bertz CT molecular complexity index is 502. The molecule has 1 aliphatic heterocycles. The summed E-state index contributed by atoms with van der Waals surface area (Å²) in [6.45, 7) is 2.88. The second-order valence-corrected chi connectivity index (χ2v) is 5.17. The van der Waals surface area contributed by atoms with E-state index in [1.807, 2.05) is 9.80 Å². The van der Waals surface area contributed by atoms with E-state index in [1.165, 1.54) is 0 Å². The average molecular weight is 302 g/mol. The number of carbonyl (C=O) groups is 1. The summed E-state index contributed by atoms with van der Waals surface area (Å²) in [5.74, 6) is -4.70. The molecule has 1 saturated heterocycles. The van der Waals surface area contributed by atoms with Crippen molar-refractivity contribution in [2.45, 2.75) is 13.0 Å². The molecule has 0 atom stereocenters. The molecule has 0 aromatic heterocycles. The quantitative estimate of drug-likeness (QED) is 0.860. The first-order valence-electron chi connectivity index (χ1n) is 6.75. The molecule has 0 bridgehead atoms. The van der Waals surface area contributed by atoms with Crippen molar-refractivity contribution in [1.29, 1.82) is 0 Å². The van der Waals surface area contributed by atoms with Crippen molar-refractivity contribution in [3.63, 3.8) is 0 Å². The molecule has 0 saturated carbocycles. The molecule has 2 rings (SSSR count). The Morgan fingerprint density at radius 1 is 1.05 bits per heavy atom. The van der Waals surface area contributed by atoms with Crippen LogP contribution in [-0.4, -0.2) is 53.6 Å². The zero-order valence-electron chi connectivity index (χ0n) is 11.5. The van der Waals surface area contributed by atoms with Gasteiger partial charge < -0.3 is 5.11 Å². The molecular weight excluding hydrogens is 285 g/mol. The number of carboxylic acid groups (broad SMARTS) is 1. The predicted octanol–water partition coefficient (Wildman–Crippen LogP) is 1.70. The number of rotatable bonds is 4. The number of halogens is 3. The van der Waals surface area contributed by atoms with Crippen LogP contribution in [-0.2, 0) is 11.3 Å². The number of benzene rings is 1. The van der Waals surface area contributed by atoms with Crippen molar-refractivity contribution >= 4 is 5.97 Å². The Morgan fingerprint density at radius 2 is 1.62 bits per heavy atom. The third-order valence-corrected chi connectivity index (χ3v) is 3.49. The maximum Gasteiger partial charge on any atom is 0.317 e. The highest BCUT2D eigenvalue weighted by Crippen LogP contribution is 2.16. The van der Waals surface area contributed by atoms with Crippen LogP contribution in [0.3, 0.4) is 0 Å². The van der Waals surface area contributed by atoms with E-state index in [1.54, 1.807) is 0 Å². The SMILES string of the molecule is O=C(O)CN1CCCN(Cc2cc(F)c(F)c(F)c2)CC1. The molecule has 1 heterocycles. The van der Waals surface area contributed by atoms with E-state index in [4.69, 9.17) is 5.11 Å². The van der Waals surface area contributed by atoms with Gasteiger partial charge in [-0.05, 0) is 30.7 Å². The van der Waals surface area contributed by atoms with Gasteiger partial charge in [0.1, 0.15) is 0 Å². The van der Waals surface area contributed by atoms with Gasteiger partial charge in [-0.15, -0.1) is 0 Å². The van der Waals surface area contributed by atoms with E-state index in [2.05, 4.69) is 0 Å². The summed E-state index contributed by atoms with van der Waals surface area (Å²) < 4.78 is 39.2. The number of hydrogen-bond acceptors (Lipinski definition) is 3. The van der Waals surface area contributed by atoms with Crippen molar-refractivity contribution < 1.29 is 23.1 Å². The monoisotopic (exact) mass is 302 g/mol. The lowest BCUT2D eigenvalue weighted by Gasteiger charge is -2.21. The number of aliphatic carboxylic acids is 1. The fourth-order valence-corrected chi connectivity index (χ4v) is 2.49. The van der Waals surface area contributed by atoms with Crippen LogP contribution in [0.2, 0.25) is 0 Å². The second-order valence-electron chi connectivity index (χ2n) is 5.17. The molecule has 21 heavy (non-hydrogen) atoms. The average Bonchev–Trinajstić information content (AvgIpc) is 2.61. The summed E-state index contributed by atoms with van der Waals surface area (Å²) >= 11 is 0. The van der Waals surface area contributed by atoms with E-state index in [0.717, 1.165) is 18.6 Å². The lowest BCUT2D eigenvalue weighted by atomic mass is 10.2. The Hall–Kier alpha value is -1.60. The van der Waals surface area contributed by atoms with Gasteiger partial charge in [0, 0.05) is 26.2 Å². The van der Waals surface area contributed by atoms with E-state index in [0.29, 0.717) is 38.3 Å². The molecule has 1 aliphatic rings. The molecule has 116 valence electrons. The molecule has 0 amide bonds. The minimum Gasteiger partial charge on any atom is -0.480 e. The Balaban J connectivity index is 1.96. The van der Waals surface area contributed by atoms with Gasteiger partial charge >= 0.3 is 5.97 Å². The van der Waals surface area contributed by atoms with Crippen molar-refractivity contribution in [3.05, 3.63) is 35.1 Å². The van der Waals surface area contributed by atoms with Gasteiger partial charge in [0.05, 0.1) is 6.54 Å². The number of carboxylic acids is 1. The lowest BCUT2D eigenvalue weighted by Crippen LogP contribution is -2.34. The Kier molecular flexibility index (Phi) is 5.19. The molecule has 7 heteroatoms. The van der Waals surface area contributed by atoms with Crippen LogP contribution >= 0.6 is 0 Å². The first-order valence-corrected chi connectivity index (χ1v) is 6.75. The number of nitrogens with zero attached hydrogens (tertiary/aromatic N) is 2.